The number of aromatic nitrogens is 1. The van der Waals surface area contributed by atoms with Gasteiger partial charge in [-0.1, -0.05) is 17.4 Å². The van der Waals surface area contributed by atoms with Crippen LogP contribution in [0, 0.1) is 5.82 Å². The highest BCUT2D eigenvalue weighted by atomic mass is 32.1. The lowest BCUT2D eigenvalue weighted by Gasteiger charge is -2.06. The van der Waals surface area contributed by atoms with Crippen molar-refractivity contribution in [3.63, 3.8) is 0 Å². The van der Waals surface area contributed by atoms with E-state index >= 15 is 0 Å². The number of hydrogen-bond acceptors (Lipinski definition) is 5. The highest BCUT2D eigenvalue weighted by Gasteiger charge is 2.14. The molecule has 3 aromatic rings. The number of anilines is 1. The van der Waals surface area contributed by atoms with Crippen LogP contribution in [0.2, 0.25) is 0 Å². The predicted octanol–water partition coefficient (Wildman–Crippen LogP) is 3.10. The molecule has 0 radical (unpaired) electrons. The maximum atomic E-state index is 13.4. The fourth-order valence-electron chi connectivity index (χ4n) is 2.70. The van der Waals surface area contributed by atoms with E-state index in [0.29, 0.717) is 15.9 Å². The summed E-state index contributed by atoms with van der Waals surface area (Å²) < 4.78 is 20.7. The molecule has 1 aromatic heterocycles. The van der Waals surface area contributed by atoms with Crippen molar-refractivity contribution >= 4 is 45.0 Å². The molecule has 0 atom stereocenters. The first kappa shape index (κ1) is 20.4. The van der Waals surface area contributed by atoms with Crippen LogP contribution < -0.4 is 10.1 Å². The van der Waals surface area contributed by atoms with Gasteiger partial charge in [0.1, 0.15) is 12.4 Å². The van der Waals surface area contributed by atoms with Gasteiger partial charge in [-0.15, -0.1) is 0 Å². The number of benzene rings is 2. The van der Waals surface area contributed by atoms with Gasteiger partial charge in [-0.3, -0.25) is 14.4 Å². The summed E-state index contributed by atoms with van der Waals surface area (Å²) in [6.45, 7) is 3.19. The smallest absolute Gasteiger partial charge is 0.326 e. The molecule has 7 nitrogen and oxygen atoms in total. The SMILES string of the molecule is CCOC(=O)Cn1c(=NC(=O)c2cccc(F)c2)sc2cc(NC(C)=O)ccc21. The zero-order chi connectivity index (χ0) is 21.0. The van der Waals surface area contributed by atoms with Crippen molar-refractivity contribution in [1.29, 1.82) is 0 Å². The van der Waals surface area contributed by atoms with E-state index in [-0.39, 0.29) is 29.4 Å². The Morgan fingerprint density at radius 3 is 2.69 bits per heavy atom. The van der Waals surface area contributed by atoms with Crippen LogP contribution in [0.15, 0.2) is 47.5 Å². The third-order valence-corrected chi connectivity index (χ3v) is 4.91. The van der Waals surface area contributed by atoms with Crippen molar-refractivity contribution in [2.45, 2.75) is 20.4 Å². The average molecular weight is 415 g/mol. The molecule has 3 rings (SSSR count). The summed E-state index contributed by atoms with van der Waals surface area (Å²) in [5, 5.41) is 2.69. The second-order valence-corrected chi connectivity index (χ2v) is 7.08. The van der Waals surface area contributed by atoms with Crippen LogP contribution in [0.1, 0.15) is 24.2 Å². The monoisotopic (exact) mass is 415 g/mol. The van der Waals surface area contributed by atoms with Crippen molar-refractivity contribution in [1.82, 2.24) is 4.57 Å². The van der Waals surface area contributed by atoms with E-state index < -0.39 is 17.7 Å². The Hall–Kier alpha value is -3.33. The zero-order valence-electron chi connectivity index (χ0n) is 15.8. The fraction of sp³-hybridized carbons (Fsp3) is 0.200. The molecule has 0 bridgehead atoms. The van der Waals surface area contributed by atoms with Crippen molar-refractivity contribution in [2.24, 2.45) is 4.99 Å². The van der Waals surface area contributed by atoms with Crippen molar-refractivity contribution in [3.05, 3.63) is 58.6 Å². The molecule has 2 aromatic carbocycles. The molecular weight excluding hydrogens is 397 g/mol. The number of fused-ring (bicyclic) bond motifs is 1. The molecule has 150 valence electrons. The van der Waals surface area contributed by atoms with E-state index in [4.69, 9.17) is 4.74 Å². The number of rotatable bonds is 5. The average Bonchev–Trinajstić information content (AvgIpc) is 2.97. The number of ether oxygens (including phenoxy) is 1. The summed E-state index contributed by atoms with van der Waals surface area (Å²) >= 11 is 1.18. The molecule has 9 heteroatoms. The number of hydrogen-bond donors (Lipinski definition) is 1. The number of nitrogens with one attached hydrogen (secondary N) is 1. The largest absolute Gasteiger partial charge is 0.465 e. The van der Waals surface area contributed by atoms with Crippen LogP contribution in [0.5, 0.6) is 0 Å². The zero-order valence-corrected chi connectivity index (χ0v) is 16.6. The second-order valence-electron chi connectivity index (χ2n) is 6.07. The summed E-state index contributed by atoms with van der Waals surface area (Å²) in [6, 6.07) is 10.4. The van der Waals surface area contributed by atoms with E-state index in [9.17, 15) is 18.8 Å². The van der Waals surface area contributed by atoms with Crippen LogP contribution in [0.25, 0.3) is 10.2 Å². The molecule has 0 saturated carbocycles. The van der Waals surface area contributed by atoms with Gasteiger partial charge in [0.2, 0.25) is 5.91 Å². The third kappa shape index (κ3) is 4.94. The number of esters is 1. The van der Waals surface area contributed by atoms with Crippen molar-refractivity contribution in [3.8, 4) is 0 Å². The predicted molar refractivity (Wildman–Crippen MR) is 107 cm³/mol. The summed E-state index contributed by atoms with van der Waals surface area (Å²) in [5.74, 6) is -1.86. The van der Waals surface area contributed by atoms with Gasteiger partial charge >= 0.3 is 5.97 Å². The van der Waals surface area contributed by atoms with Gasteiger partial charge in [-0.25, -0.2) is 4.39 Å². The summed E-state index contributed by atoms with van der Waals surface area (Å²) in [6.07, 6.45) is 0. The number of nitrogens with zero attached hydrogens (tertiary/aromatic N) is 2. The molecule has 29 heavy (non-hydrogen) atoms. The second kappa shape index (κ2) is 8.78. The fourth-order valence-corrected chi connectivity index (χ4v) is 3.77. The maximum absolute atomic E-state index is 13.4. The van der Waals surface area contributed by atoms with Gasteiger partial charge in [-0.2, -0.15) is 4.99 Å². The number of halogens is 1. The first-order valence-corrected chi connectivity index (χ1v) is 9.60. The Morgan fingerprint density at radius 2 is 2.00 bits per heavy atom. The Kier molecular flexibility index (Phi) is 6.18. The Bertz CT molecular complexity index is 1170. The molecule has 0 fully saturated rings. The van der Waals surface area contributed by atoms with Crippen LogP contribution >= 0.6 is 11.3 Å². The first-order chi connectivity index (χ1) is 13.9. The van der Waals surface area contributed by atoms with Gasteiger partial charge < -0.3 is 14.6 Å². The standard InChI is InChI=1S/C20H18FN3O4S/c1-3-28-18(26)11-24-16-8-7-15(22-12(2)25)10-17(16)29-20(24)23-19(27)13-5-4-6-14(21)9-13/h4-10H,3,11H2,1-2H3,(H,22,25). The van der Waals surface area contributed by atoms with E-state index in [1.54, 1.807) is 29.7 Å². The number of carbonyl (C=O) groups excluding carboxylic acids is 3. The highest BCUT2D eigenvalue weighted by Crippen LogP contribution is 2.22. The number of thiazole rings is 1. The molecule has 0 aliphatic carbocycles. The summed E-state index contributed by atoms with van der Waals surface area (Å²) in [4.78, 5) is 40.2. The molecule has 0 unspecified atom stereocenters. The lowest BCUT2D eigenvalue weighted by atomic mass is 10.2. The van der Waals surface area contributed by atoms with Gasteiger partial charge in [-0.05, 0) is 43.3 Å². The normalized spacial score (nSPS) is 11.5. The van der Waals surface area contributed by atoms with Crippen LogP contribution in [0.4, 0.5) is 10.1 Å². The molecule has 0 saturated heterocycles. The Balaban J connectivity index is 2.11. The number of amides is 2. The molecular formula is C20H18FN3O4S. The minimum Gasteiger partial charge on any atom is -0.465 e. The third-order valence-electron chi connectivity index (χ3n) is 3.86. The van der Waals surface area contributed by atoms with Crippen LogP contribution in [-0.2, 0) is 20.9 Å². The Morgan fingerprint density at radius 1 is 1.21 bits per heavy atom. The van der Waals surface area contributed by atoms with E-state index in [1.807, 2.05) is 0 Å². The first-order valence-electron chi connectivity index (χ1n) is 8.78. The van der Waals surface area contributed by atoms with E-state index in [0.717, 1.165) is 6.07 Å². The molecule has 0 aliphatic heterocycles. The molecule has 0 spiro atoms. The maximum Gasteiger partial charge on any atom is 0.326 e. The molecule has 0 aliphatic rings. The molecule has 1 heterocycles. The van der Waals surface area contributed by atoms with Crippen LogP contribution in [-0.4, -0.2) is 29.0 Å². The quantitative estimate of drug-likeness (QED) is 0.649. The van der Waals surface area contributed by atoms with Gasteiger partial charge in [0.25, 0.3) is 5.91 Å². The highest BCUT2D eigenvalue weighted by molar-refractivity contribution is 7.16. The van der Waals surface area contributed by atoms with Gasteiger partial charge in [0, 0.05) is 18.2 Å². The minimum absolute atomic E-state index is 0.101. The van der Waals surface area contributed by atoms with Gasteiger partial charge in [0.05, 0.1) is 16.8 Å². The van der Waals surface area contributed by atoms with E-state index in [1.165, 1.54) is 36.5 Å². The molecule has 1 N–H and O–H groups in total. The van der Waals surface area contributed by atoms with Crippen molar-refractivity contribution < 1.29 is 23.5 Å². The summed E-state index contributed by atoms with van der Waals surface area (Å²) in [7, 11) is 0. The molecule has 2 amide bonds. The Labute approximate surface area is 169 Å². The topological polar surface area (TPSA) is 89.8 Å². The van der Waals surface area contributed by atoms with Gasteiger partial charge in [0.15, 0.2) is 4.80 Å². The lowest BCUT2D eigenvalue weighted by molar-refractivity contribution is -0.143. The number of carbonyl (C=O) groups is 3. The van der Waals surface area contributed by atoms with E-state index in [2.05, 4.69) is 10.3 Å². The summed E-state index contributed by atoms with van der Waals surface area (Å²) in [5.41, 5.74) is 1.34. The minimum atomic E-state index is -0.629. The lowest BCUT2D eigenvalue weighted by Crippen LogP contribution is -2.23. The van der Waals surface area contributed by atoms with Crippen molar-refractivity contribution in [2.75, 3.05) is 11.9 Å². The van der Waals surface area contributed by atoms with Crippen LogP contribution in [0.3, 0.4) is 0 Å².